The average molecular weight is 577 g/mol. The van der Waals surface area contributed by atoms with Gasteiger partial charge in [-0.25, -0.2) is 9.59 Å². The first-order valence-electron chi connectivity index (χ1n) is 13.0. The average Bonchev–Trinajstić information content (AvgIpc) is 3.39. The van der Waals surface area contributed by atoms with E-state index in [-0.39, 0.29) is 13.2 Å². The number of alkyl halides is 3. The molecule has 2 aromatic carbocycles. The molecule has 40 heavy (non-hydrogen) atoms. The van der Waals surface area contributed by atoms with Crippen LogP contribution >= 0.6 is 11.6 Å². The van der Waals surface area contributed by atoms with E-state index in [1.165, 1.54) is 11.8 Å². The Morgan fingerprint density at radius 1 is 1.15 bits per heavy atom. The molecule has 1 fully saturated rings. The molecule has 5 rings (SSSR count). The van der Waals surface area contributed by atoms with E-state index in [0.717, 1.165) is 38.8 Å². The number of rotatable bonds is 5. The van der Waals surface area contributed by atoms with Crippen LogP contribution in [0.15, 0.2) is 42.6 Å². The smallest absolute Gasteiger partial charge is 0.433 e. The summed E-state index contributed by atoms with van der Waals surface area (Å²) in [7, 11) is 0. The minimum atomic E-state index is -4.79. The molecule has 12 heteroatoms. The minimum Gasteiger partial charge on any atom is -0.465 e. The molecule has 8 nitrogen and oxygen atoms in total. The van der Waals surface area contributed by atoms with Gasteiger partial charge in [0.05, 0.1) is 18.8 Å². The van der Waals surface area contributed by atoms with Crippen LogP contribution in [0.1, 0.15) is 53.0 Å². The highest BCUT2D eigenvalue weighted by atomic mass is 35.5. The summed E-state index contributed by atoms with van der Waals surface area (Å²) in [5.74, 6) is -1.05. The van der Waals surface area contributed by atoms with Gasteiger partial charge in [0.15, 0.2) is 5.69 Å². The van der Waals surface area contributed by atoms with Crippen LogP contribution in [0.4, 0.5) is 23.7 Å². The van der Waals surface area contributed by atoms with Gasteiger partial charge in [-0.05, 0) is 55.0 Å². The first kappa shape index (κ1) is 27.8. The summed E-state index contributed by atoms with van der Waals surface area (Å²) < 4.78 is 48.1. The van der Waals surface area contributed by atoms with Gasteiger partial charge in [-0.1, -0.05) is 35.9 Å². The van der Waals surface area contributed by atoms with Crippen molar-refractivity contribution in [3.05, 3.63) is 70.0 Å². The van der Waals surface area contributed by atoms with Gasteiger partial charge in [-0.3, -0.25) is 4.68 Å². The van der Waals surface area contributed by atoms with Crippen molar-refractivity contribution >= 4 is 29.4 Å². The zero-order valence-corrected chi connectivity index (χ0v) is 22.5. The lowest BCUT2D eigenvalue weighted by Gasteiger charge is -2.36. The number of benzene rings is 2. The Hall–Kier alpha value is -3.73. The summed E-state index contributed by atoms with van der Waals surface area (Å²) in [4.78, 5) is 27.0. The van der Waals surface area contributed by atoms with Gasteiger partial charge in [0.25, 0.3) is 0 Å². The van der Waals surface area contributed by atoms with Crippen molar-refractivity contribution in [2.45, 2.75) is 44.9 Å². The quantitative estimate of drug-likeness (QED) is 0.360. The van der Waals surface area contributed by atoms with E-state index in [1.54, 1.807) is 6.07 Å². The number of nitrogens with zero attached hydrogens (tertiary/aromatic N) is 4. The lowest BCUT2D eigenvalue weighted by Crippen LogP contribution is -2.38. The minimum absolute atomic E-state index is 0.0451. The molecule has 1 N–H and O–H groups in total. The van der Waals surface area contributed by atoms with Crippen molar-refractivity contribution in [1.82, 2.24) is 14.7 Å². The highest BCUT2D eigenvalue weighted by Gasteiger charge is 2.42. The Bertz CT molecular complexity index is 1440. The molecule has 2 aliphatic heterocycles. The SMILES string of the molecule is CCOC(=O)c1cnn(C2CCCN(c3cc(Cl)ccc3-c3ccc4c(c3)CCN(C(=O)O)C4)C2)c1C(F)(F)F. The molecular formula is C28H28ClF3N4O4. The van der Waals surface area contributed by atoms with E-state index in [0.29, 0.717) is 43.9 Å². The molecule has 0 radical (unpaired) electrons. The van der Waals surface area contributed by atoms with E-state index in [4.69, 9.17) is 16.3 Å². The number of esters is 1. The number of fused-ring (bicyclic) bond motifs is 1. The molecule has 1 aromatic heterocycles. The molecule has 212 valence electrons. The van der Waals surface area contributed by atoms with Crippen LogP contribution in [0.25, 0.3) is 11.1 Å². The van der Waals surface area contributed by atoms with Crippen molar-refractivity contribution < 1.29 is 32.6 Å². The van der Waals surface area contributed by atoms with E-state index < -0.39 is 35.5 Å². The van der Waals surface area contributed by atoms with Crippen molar-refractivity contribution in [1.29, 1.82) is 0 Å². The zero-order valence-electron chi connectivity index (χ0n) is 21.7. The predicted molar refractivity (Wildman–Crippen MR) is 143 cm³/mol. The van der Waals surface area contributed by atoms with Gasteiger partial charge in [0.2, 0.25) is 0 Å². The van der Waals surface area contributed by atoms with E-state index in [1.807, 2.05) is 35.2 Å². The van der Waals surface area contributed by atoms with Crippen LogP contribution in [-0.2, 0) is 23.9 Å². The Labute approximate surface area is 233 Å². The number of carbonyl (C=O) groups excluding carboxylic acids is 1. The largest absolute Gasteiger partial charge is 0.465 e. The number of ether oxygens (including phenoxy) is 1. The molecule has 1 amide bonds. The molecule has 1 atom stereocenters. The molecule has 0 aliphatic carbocycles. The van der Waals surface area contributed by atoms with Crippen LogP contribution < -0.4 is 4.90 Å². The van der Waals surface area contributed by atoms with Gasteiger partial charge < -0.3 is 19.6 Å². The summed E-state index contributed by atoms with van der Waals surface area (Å²) in [5, 5.41) is 13.8. The van der Waals surface area contributed by atoms with Gasteiger partial charge in [0, 0.05) is 42.5 Å². The summed E-state index contributed by atoms with van der Waals surface area (Å²) >= 11 is 6.39. The monoisotopic (exact) mass is 576 g/mol. The van der Waals surface area contributed by atoms with Crippen molar-refractivity contribution in [3.8, 4) is 11.1 Å². The maximum absolute atomic E-state index is 14.1. The van der Waals surface area contributed by atoms with Gasteiger partial charge >= 0.3 is 18.2 Å². The number of carboxylic acid groups (broad SMARTS) is 1. The number of piperidine rings is 1. The maximum Gasteiger partial charge on any atom is 0.433 e. The Morgan fingerprint density at radius 2 is 1.95 bits per heavy atom. The number of hydrogen-bond donors (Lipinski definition) is 1. The standard InChI is InChI=1S/C28H28ClF3N4O4/c1-2-40-26(37)23-14-33-36(25(23)28(30,31)32)21-4-3-10-34(16-21)24-13-20(29)7-8-22(24)18-5-6-19-15-35(27(38)39)11-9-17(19)12-18/h5-8,12-14,21H,2-4,9-11,15-16H2,1H3,(H,38,39). The van der Waals surface area contributed by atoms with Crippen LogP contribution in [0, 0.1) is 0 Å². The van der Waals surface area contributed by atoms with Crippen LogP contribution in [0.2, 0.25) is 5.02 Å². The summed E-state index contributed by atoms with van der Waals surface area (Å²) in [6.07, 6.45) is -3.15. The van der Waals surface area contributed by atoms with Crippen molar-refractivity contribution in [2.75, 3.05) is 31.1 Å². The molecule has 3 heterocycles. The molecule has 3 aromatic rings. The molecule has 0 spiro atoms. The number of carbonyl (C=O) groups is 2. The summed E-state index contributed by atoms with van der Waals surface area (Å²) in [5.41, 5.74) is 2.88. The second-order valence-electron chi connectivity index (χ2n) is 9.91. The lowest BCUT2D eigenvalue weighted by atomic mass is 9.93. The van der Waals surface area contributed by atoms with Crippen molar-refractivity contribution in [3.63, 3.8) is 0 Å². The zero-order chi connectivity index (χ0) is 28.6. The topological polar surface area (TPSA) is 87.9 Å². The second-order valence-corrected chi connectivity index (χ2v) is 10.3. The van der Waals surface area contributed by atoms with E-state index >= 15 is 0 Å². The summed E-state index contributed by atoms with van der Waals surface area (Å²) in [6, 6.07) is 10.7. The Balaban J connectivity index is 1.47. The fraction of sp³-hybridized carbons (Fsp3) is 0.393. The first-order chi connectivity index (χ1) is 19.1. The first-order valence-corrected chi connectivity index (χ1v) is 13.4. The maximum atomic E-state index is 14.1. The molecule has 1 saturated heterocycles. The molecule has 0 bridgehead atoms. The molecule has 2 aliphatic rings. The fourth-order valence-corrected chi connectivity index (χ4v) is 5.71. The van der Waals surface area contributed by atoms with Crippen LogP contribution in [0.3, 0.4) is 0 Å². The number of anilines is 1. The molecule has 0 saturated carbocycles. The summed E-state index contributed by atoms with van der Waals surface area (Å²) in [6.45, 7) is 3.06. The number of amides is 1. The lowest BCUT2D eigenvalue weighted by molar-refractivity contribution is -0.145. The third kappa shape index (κ3) is 5.47. The highest BCUT2D eigenvalue weighted by molar-refractivity contribution is 6.31. The van der Waals surface area contributed by atoms with Gasteiger partial charge in [-0.2, -0.15) is 18.3 Å². The Kier molecular flexibility index (Phi) is 7.67. The Morgan fingerprint density at radius 3 is 2.67 bits per heavy atom. The second kappa shape index (κ2) is 11.0. The third-order valence-electron chi connectivity index (χ3n) is 7.40. The van der Waals surface area contributed by atoms with Crippen molar-refractivity contribution in [2.24, 2.45) is 0 Å². The third-order valence-corrected chi connectivity index (χ3v) is 7.64. The van der Waals surface area contributed by atoms with E-state index in [2.05, 4.69) is 5.10 Å². The number of aromatic nitrogens is 2. The fourth-order valence-electron chi connectivity index (χ4n) is 5.55. The predicted octanol–water partition coefficient (Wildman–Crippen LogP) is 6.28. The highest BCUT2D eigenvalue weighted by Crippen LogP contribution is 2.40. The van der Waals surface area contributed by atoms with Gasteiger partial charge in [0.1, 0.15) is 5.56 Å². The van der Waals surface area contributed by atoms with E-state index in [9.17, 15) is 27.9 Å². The molecule has 1 unspecified atom stereocenters. The van der Waals surface area contributed by atoms with Gasteiger partial charge in [-0.15, -0.1) is 0 Å². The molecular weight excluding hydrogens is 549 g/mol. The van der Waals surface area contributed by atoms with Crippen LogP contribution in [0.5, 0.6) is 0 Å². The normalized spacial score (nSPS) is 17.5. The van der Waals surface area contributed by atoms with Crippen LogP contribution in [-0.4, -0.2) is 58.1 Å². The number of hydrogen-bond acceptors (Lipinski definition) is 5. The number of halogens is 4.